The summed E-state index contributed by atoms with van der Waals surface area (Å²) in [6.07, 6.45) is 2.63. The number of nitrogens with zero attached hydrogens (tertiary/aromatic N) is 1. The summed E-state index contributed by atoms with van der Waals surface area (Å²) in [5.41, 5.74) is 0. The number of likely N-dealkylation sites (tertiary alicyclic amines) is 1. The van der Waals surface area contributed by atoms with Gasteiger partial charge >= 0.3 is 0 Å². The lowest BCUT2D eigenvalue weighted by Crippen LogP contribution is -2.34. The summed E-state index contributed by atoms with van der Waals surface area (Å²) in [5, 5.41) is 2.68. The molecule has 1 aliphatic rings. The average Bonchev–Trinajstić information content (AvgIpc) is 2.79. The van der Waals surface area contributed by atoms with E-state index in [4.69, 9.17) is 4.74 Å². The van der Waals surface area contributed by atoms with Gasteiger partial charge in [-0.2, -0.15) is 0 Å². The van der Waals surface area contributed by atoms with Gasteiger partial charge in [-0.25, -0.2) is 0 Å². The van der Waals surface area contributed by atoms with Gasteiger partial charge < -0.3 is 15.0 Å². The SMILES string of the molecule is CC(C)OCC(=O)NCCC(=O)N1CCCC1. The van der Waals surface area contributed by atoms with Crippen LogP contribution in [0.5, 0.6) is 0 Å². The third-order valence-corrected chi connectivity index (χ3v) is 2.67. The first-order valence-corrected chi connectivity index (χ1v) is 6.25. The minimum Gasteiger partial charge on any atom is -0.369 e. The summed E-state index contributed by atoms with van der Waals surface area (Å²) < 4.78 is 5.15. The zero-order valence-electron chi connectivity index (χ0n) is 10.7. The highest BCUT2D eigenvalue weighted by Gasteiger charge is 2.17. The van der Waals surface area contributed by atoms with Gasteiger partial charge in [-0.3, -0.25) is 9.59 Å². The molecule has 0 atom stereocenters. The van der Waals surface area contributed by atoms with Crippen LogP contribution in [0, 0.1) is 0 Å². The van der Waals surface area contributed by atoms with Crippen molar-refractivity contribution in [3.8, 4) is 0 Å². The first-order valence-electron chi connectivity index (χ1n) is 6.25. The predicted octanol–water partition coefficient (Wildman–Crippen LogP) is 0.540. The van der Waals surface area contributed by atoms with Crippen molar-refractivity contribution >= 4 is 11.8 Å². The van der Waals surface area contributed by atoms with Crippen LogP contribution in [0.4, 0.5) is 0 Å². The van der Waals surface area contributed by atoms with Crippen LogP contribution in [0.15, 0.2) is 0 Å². The molecular formula is C12H22N2O3. The Morgan fingerprint density at radius 3 is 2.53 bits per heavy atom. The molecule has 1 fully saturated rings. The van der Waals surface area contributed by atoms with Crippen LogP contribution in [0.25, 0.3) is 0 Å². The van der Waals surface area contributed by atoms with Crippen molar-refractivity contribution in [1.29, 1.82) is 0 Å². The van der Waals surface area contributed by atoms with Crippen LogP contribution in [0.3, 0.4) is 0 Å². The fourth-order valence-corrected chi connectivity index (χ4v) is 1.73. The molecule has 0 unspecified atom stereocenters. The summed E-state index contributed by atoms with van der Waals surface area (Å²) >= 11 is 0. The lowest BCUT2D eigenvalue weighted by atomic mass is 10.3. The van der Waals surface area contributed by atoms with Crippen LogP contribution in [0.1, 0.15) is 33.1 Å². The van der Waals surface area contributed by atoms with Gasteiger partial charge in [-0.05, 0) is 26.7 Å². The number of hydrogen-bond donors (Lipinski definition) is 1. The molecule has 5 heteroatoms. The van der Waals surface area contributed by atoms with E-state index in [0.29, 0.717) is 13.0 Å². The number of nitrogens with one attached hydrogen (secondary N) is 1. The molecule has 0 aromatic rings. The zero-order chi connectivity index (χ0) is 12.7. The van der Waals surface area contributed by atoms with E-state index in [1.807, 2.05) is 18.7 Å². The Morgan fingerprint density at radius 1 is 1.29 bits per heavy atom. The molecule has 1 aliphatic heterocycles. The third kappa shape index (κ3) is 5.68. The Bertz CT molecular complexity index is 260. The summed E-state index contributed by atoms with van der Waals surface area (Å²) in [4.78, 5) is 24.8. The number of ether oxygens (including phenoxy) is 1. The van der Waals surface area contributed by atoms with Crippen molar-refractivity contribution < 1.29 is 14.3 Å². The van der Waals surface area contributed by atoms with E-state index in [-0.39, 0.29) is 24.5 Å². The van der Waals surface area contributed by atoms with E-state index in [1.54, 1.807) is 0 Å². The maximum atomic E-state index is 11.6. The Hall–Kier alpha value is -1.10. The quantitative estimate of drug-likeness (QED) is 0.739. The lowest BCUT2D eigenvalue weighted by molar-refractivity contribution is -0.130. The molecule has 17 heavy (non-hydrogen) atoms. The molecule has 0 saturated carbocycles. The molecule has 0 spiro atoms. The monoisotopic (exact) mass is 242 g/mol. The van der Waals surface area contributed by atoms with Gasteiger partial charge in [0.1, 0.15) is 6.61 Å². The molecule has 0 bridgehead atoms. The molecule has 0 aromatic heterocycles. The van der Waals surface area contributed by atoms with Gasteiger partial charge in [0.25, 0.3) is 0 Å². The average molecular weight is 242 g/mol. The maximum Gasteiger partial charge on any atom is 0.246 e. The first kappa shape index (κ1) is 14.0. The van der Waals surface area contributed by atoms with E-state index in [1.165, 1.54) is 0 Å². The Labute approximate surface area is 102 Å². The van der Waals surface area contributed by atoms with Crippen molar-refractivity contribution in [2.24, 2.45) is 0 Å². The van der Waals surface area contributed by atoms with E-state index in [0.717, 1.165) is 25.9 Å². The smallest absolute Gasteiger partial charge is 0.246 e. The van der Waals surface area contributed by atoms with Gasteiger partial charge in [0.2, 0.25) is 11.8 Å². The second kappa shape index (κ2) is 7.27. The van der Waals surface area contributed by atoms with Crippen molar-refractivity contribution in [2.75, 3.05) is 26.2 Å². The number of amides is 2. The third-order valence-electron chi connectivity index (χ3n) is 2.67. The van der Waals surface area contributed by atoms with Crippen molar-refractivity contribution in [3.63, 3.8) is 0 Å². The van der Waals surface area contributed by atoms with Crippen LogP contribution in [-0.2, 0) is 14.3 Å². The molecule has 1 heterocycles. The first-order chi connectivity index (χ1) is 8.09. The van der Waals surface area contributed by atoms with E-state index < -0.39 is 0 Å². The molecule has 98 valence electrons. The number of carbonyl (C=O) groups is 2. The standard InChI is InChI=1S/C12H22N2O3/c1-10(2)17-9-11(15)13-6-5-12(16)14-7-3-4-8-14/h10H,3-9H2,1-2H3,(H,13,15). The second-order valence-corrected chi connectivity index (χ2v) is 4.55. The van der Waals surface area contributed by atoms with Gasteiger partial charge in [0.05, 0.1) is 6.10 Å². The van der Waals surface area contributed by atoms with Crippen LogP contribution in [-0.4, -0.2) is 49.1 Å². The molecule has 1 saturated heterocycles. The number of hydrogen-bond acceptors (Lipinski definition) is 3. The largest absolute Gasteiger partial charge is 0.369 e. The molecule has 0 aliphatic carbocycles. The van der Waals surface area contributed by atoms with E-state index >= 15 is 0 Å². The van der Waals surface area contributed by atoms with E-state index in [9.17, 15) is 9.59 Å². The summed E-state index contributed by atoms with van der Waals surface area (Å²) in [5.74, 6) is -0.0273. The molecule has 5 nitrogen and oxygen atoms in total. The predicted molar refractivity (Wildman–Crippen MR) is 64.5 cm³/mol. The van der Waals surface area contributed by atoms with Gasteiger partial charge in [0, 0.05) is 26.1 Å². The minimum absolute atomic E-state index is 0.0481. The Balaban J connectivity index is 2.06. The lowest BCUT2D eigenvalue weighted by Gasteiger charge is -2.15. The number of rotatable bonds is 6. The Morgan fingerprint density at radius 2 is 1.94 bits per heavy atom. The molecule has 1 rings (SSSR count). The van der Waals surface area contributed by atoms with Gasteiger partial charge in [-0.15, -0.1) is 0 Å². The minimum atomic E-state index is -0.159. The molecular weight excluding hydrogens is 220 g/mol. The normalized spacial score (nSPS) is 15.4. The molecule has 0 radical (unpaired) electrons. The van der Waals surface area contributed by atoms with Crippen molar-refractivity contribution in [3.05, 3.63) is 0 Å². The van der Waals surface area contributed by atoms with E-state index in [2.05, 4.69) is 5.32 Å². The highest BCUT2D eigenvalue weighted by molar-refractivity contribution is 5.79. The highest BCUT2D eigenvalue weighted by atomic mass is 16.5. The van der Waals surface area contributed by atoms with Crippen LogP contribution in [0.2, 0.25) is 0 Å². The zero-order valence-corrected chi connectivity index (χ0v) is 10.7. The molecule has 0 aromatic carbocycles. The van der Waals surface area contributed by atoms with Crippen LogP contribution >= 0.6 is 0 Å². The summed E-state index contributed by atoms with van der Waals surface area (Å²) in [6, 6.07) is 0. The highest BCUT2D eigenvalue weighted by Crippen LogP contribution is 2.08. The van der Waals surface area contributed by atoms with Crippen LogP contribution < -0.4 is 5.32 Å². The van der Waals surface area contributed by atoms with Crippen molar-refractivity contribution in [1.82, 2.24) is 10.2 Å². The summed E-state index contributed by atoms with van der Waals surface area (Å²) in [6.45, 7) is 5.95. The topological polar surface area (TPSA) is 58.6 Å². The summed E-state index contributed by atoms with van der Waals surface area (Å²) in [7, 11) is 0. The van der Waals surface area contributed by atoms with Gasteiger partial charge in [0.15, 0.2) is 0 Å². The van der Waals surface area contributed by atoms with Crippen molar-refractivity contribution in [2.45, 2.75) is 39.2 Å². The fraction of sp³-hybridized carbons (Fsp3) is 0.833. The Kier molecular flexibility index (Phi) is 5.97. The molecule has 2 amide bonds. The second-order valence-electron chi connectivity index (χ2n) is 4.55. The van der Waals surface area contributed by atoms with Gasteiger partial charge in [-0.1, -0.05) is 0 Å². The maximum absolute atomic E-state index is 11.6. The molecule has 1 N–H and O–H groups in total. The fourth-order valence-electron chi connectivity index (χ4n) is 1.73. The number of carbonyl (C=O) groups excluding carboxylic acids is 2.